The van der Waals surface area contributed by atoms with Crippen LogP contribution in [0.4, 0.5) is 5.69 Å². The summed E-state index contributed by atoms with van der Waals surface area (Å²) in [5.74, 6) is 0.687. The standard InChI is InChI=1S/C25H19NO2/c27-25-24(28-20-14-5-2-6-15-20)23(26(25)19-12-3-1-4-13-19)22-17-9-11-18-10-7-8-16-21(18)22/h1-17,23-24H/t23-,24+/m1/s1. The van der Waals surface area contributed by atoms with Crippen molar-refractivity contribution in [1.82, 2.24) is 0 Å². The van der Waals surface area contributed by atoms with Crippen LogP contribution in [0, 0.1) is 0 Å². The molecule has 28 heavy (non-hydrogen) atoms. The molecule has 0 unspecified atom stereocenters. The highest BCUT2D eigenvalue weighted by Gasteiger charge is 2.51. The first-order valence-corrected chi connectivity index (χ1v) is 9.40. The van der Waals surface area contributed by atoms with Crippen LogP contribution >= 0.6 is 0 Å². The maximum absolute atomic E-state index is 13.1. The molecular formula is C25H19NO2. The van der Waals surface area contributed by atoms with Gasteiger partial charge in [0.1, 0.15) is 11.8 Å². The molecule has 3 nitrogen and oxygen atoms in total. The Morgan fingerprint density at radius 2 is 1.32 bits per heavy atom. The Morgan fingerprint density at radius 1 is 0.679 bits per heavy atom. The fourth-order valence-electron chi connectivity index (χ4n) is 3.91. The van der Waals surface area contributed by atoms with Crippen molar-refractivity contribution in [3.05, 3.63) is 109 Å². The van der Waals surface area contributed by atoms with Crippen molar-refractivity contribution in [1.29, 1.82) is 0 Å². The molecule has 1 aliphatic heterocycles. The molecule has 5 rings (SSSR count). The fourth-order valence-corrected chi connectivity index (χ4v) is 3.91. The molecule has 1 saturated heterocycles. The van der Waals surface area contributed by atoms with Gasteiger partial charge in [-0.1, -0.05) is 78.9 Å². The molecule has 4 aromatic rings. The Labute approximate surface area is 163 Å². The van der Waals surface area contributed by atoms with Crippen molar-refractivity contribution in [2.24, 2.45) is 0 Å². The molecule has 0 aromatic heterocycles. The van der Waals surface area contributed by atoms with E-state index in [1.807, 2.05) is 83.8 Å². The third kappa shape index (κ3) is 2.72. The first kappa shape index (κ1) is 16.6. The highest BCUT2D eigenvalue weighted by Crippen LogP contribution is 2.43. The van der Waals surface area contributed by atoms with Crippen LogP contribution in [0.15, 0.2) is 103 Å². The number of ether oxygens (including phenoxy) is 1. The molecule has 2 atom stereocenters. The van der Waals surface area contributed by atoms with Gasteiger partial charge in [0.25, 0.3) is 5.91 Å². The third-order valence-corrected chi connectivity index (χ3v) is 5.23. The van der Waals surface area contributed by atoms with Gasteiger partial charge in [-0.05, 0) is 40.6 Å². The first-order valence-electron chi connectivity index (χ1n) is 9.40. The normalized spacial score (nSPS) is 18.7. The van der Waals surface area contributed by atoms with E-state index >= 15 is 0 Å². The molecule has 0 aliphatic carbocycles. The van der Waals surface area contributed by atoms with Crippen LogP contribution in [0.5, 0.6) is 5.75 Å². The summed E-state index contributed by atoms with van der Waals surface area (Å²) < 4.78 is 6.14. The van der Waals surface area contributed by atoms with Crippen LogP contribution in [0.3, 0.4) is 0 Å². The summed E-state index contributed by atoms with van der Waals surface area (Å²) in [5, 5.41) is 2.30. The second-order valence-corrected chi connectivity index (χ2v) is 6.91. The van der Waals surface area contributed by atoms with Gasteiger partial charge < -0.3 is 4.74 Å². The van der Waals surface area contributed by atoms with Crippen molar-refractivity contribution < 1.29 is 9.53 Å². The molecule has 0 spiro atoms. The summed E-state index contributed by atoms with van der Waals surface area (Å²) in [4.78, 5) is 14.9. The number of hydrogen-bond donors (Lipinski definition) is 0. The lowest BCUT2D eigenvalue weighted by Crippen LogP contribution is -2.61. The van der Waals surface area contributed by atoms with Gasteiger partial charge in [0.2, 0.25) is 6.10 Å². The Balaban J connectivity index is 1.61. The minimum atomic E-state index is -0.548. The Bertz CT molecular complexity index is 1120. The van der Waals surface area contributed by atoms with E-state index in [4.69, 9.17) is 4.74 Å². The Morgan fingerprint density at radius 3 is 2.11 bits per heavy atom. The summed E-state index contributed by atoms with van der Waals surface area (Å²) in [6.45, 7) is 0. The zero-order valence-corrected chi connectivity index (χ0v) is 15.2. The van der Waals surface area contributed by atoms with Crippen LogP contribution < -0.4 is 9.64 Å². The number of β-lactam (4-membered cyclic amide) rings is 1. The SMILES string of the molecule is O=C1[C@@H](Oc2ccccc2)[C@@H](c2cccc3ccccc23)N1c1ccccc1. The third-order valence-electron chi connectivity index (χ3n) is 5.23. The van der Waals surface area contributed by atoms with Gasteiger partial charge in [-0.2, -0.15) is 0 Å². The highest BCUT2D eigenvalue weighted by molar-refractivity contribution is 6.06. The average molecular weight is 365 g/mol. The number of fused-ring (bicyclic) bond motifs is 1. The molecule has 1 heterocycles. The first-order chi connectivity index (χ1) is 13.8. The van der Waals surface area contributed by atoms with E-state index in [-0.39, 0.29) is 11.9 Å². The number of carbonyl (C=O) groups is 1. The zero-order valence-electron chi connectivity index (χ0n) is 15.2. The van der Waals surface area contributed by atoms with Gasteiger partial charge in [-0.15, -0.1) is 0 Å². The largest absolute Gasteiger partial charge is 0.478 e. The zero-order chi connectivity index (χ0) is 18.9. The molecule has 4 aromatic carbocycles. The van der Waals surface area contributed by atoms with E-state index < -0.39 is 6.10 Å². The molecular weight excluding hydrogens is 346 g/mol. The average Bonchev–Trinajstić information content (AvgIpc) is 2.76. The predicted molar refractivity (Wildman–Crippen MR) is 111 cm³/mol. The van der Waals surface area contributed by atoms with E-state index in [1.54, 1.807) is 0 Å². The van der Waals surface area contributed by atoms with Gasteiger partial charge >= 0.3 is 0 Å². The van der Waals surface area contributed by atoms with Crippen LogP contribution in [-0.4, -0.2) is 12.0 Å². The maximum Gasteiger partial charge on any atom is 0.271 e. The summed E-state index contributed by atoms with van der Waals surface area (Å²) in [7, 11) is 0. The minimum Gasteiger partial charge on any atom is -0.478 e. The van der Waals surface area contributed by atoms with Crippen molar-refractivity contribution in [2.45, 2.75) is 12.1 Å². The number of anilines is 1. The molecule has 1 amide bonds. The number of benzene rings is 4. The van der Waals surface area contributed by atoms with Gasteiger partial charge in [-0.25, -0.2) is 0 Å². The molecule has 3 heteroatoms. The second kappa shape index (κ2) is 6.86. The van der Waals surface area contributed by atoms with E-state index in [9.17, 15) is 4.79 Å². The lowest BCUT2D eigenvalue weighted by Gasteiger charge is -2.47. The van der Waals surface area contributed by atoms with Crippen molar-refractivity contribution >= 4 is 22.4 Å². The van der Waals surface area contributed by atoms with E-state index in [2.05, 4.69) is 24.3 Å². The molecule has 0 radical (unpaired) electrons. The Kier molecular flexibility index (Phi) is 4.06. The molecule has 0 N–H and O–H groups in total. The van der Waals surface area contributed by atoms with Gasteiger partial charge in [0.05, 0.1) is 0 Å². The van der Waals surface area contributed by atoms with Crippen LogP contribution in [-0.2, 0) is 4.79 Å². The lowest BCUT2D eigenvalue weighted by molar-refractivity contribution is -0.134. The number of amides is 1. The number of para-hydroxylation sites is 2. The number of nitrogens with zero attached hydrogens (tertiary/aromatic N) is 1. The van der Waals surface area contributed by atoms with Crippen LogP contribution in [0.1, 0.15) is 11.6 Å². The summed E-state index contributed by atoms with van der Waals surface area (Å²) in [6.07, 6.45) is -0.548. The topological polar surface area (TPSA) is 29.5 Å². The van der Waals surface area contributed by atoms with E-state index in [1.165, 1.54) is 0 Å². The molecule has 1 fully saturated rings. The number of rotatable bonds is 4. The second-order valence-electron chi connectivity index (χ2n) is 6.91. The lowest BCUT2D eigenvalue weighted by atomic mass is 9.86. The van der Waals surface area contributed by atoms with Crippen molar-refractivity contribution in [3.8, 4) is 5.75 Å². The molecule has 0 bridgehead atoms. The summed E-state index contributed by atoms with van der Waals surface area (Å²) in [6, 6.07) is 33.7. The maximum atomic E-state index is 13.1. The van der Waals surface area contributed by atoms with Crippen molar-refractivity contribution in [2.75, 3.05) is 4.90 Å². The molecule has 1 aliphatic rings. The Hall–Kier alpha value is -3.59. The van der Waals surface area contributed by atoms with Gasteiger partial charge in [-0.3, -0.25) is 9.69 Å². The molecule has 0 saturated carbocycles. The monoisotopic (exact) mass is 365 g/mol. The number of hydrogen-bond acceptors (Lipinski definition) is 2. The van der Waals surface area contributed by atoms with Gasteiger partial charge in [0, 0.05) is 5.69 Å². The van der Waals surface area contributed by atoms with Gasteiger partial charge in [0.15, 0.2) is 0 Å². The summed E-state index contributed by atoms with van der Waals surface area (Å²) in [5.41, 5.74) is 1.99. The van der Waals surface area contributed by atoms with E-state index in [0.29, 0.717) is 5.75 Å². The molecule has 136 valence electrons. The highest BCUT2D eigenvalue weighted by atomic mass is 16.5. The van der Waals surface area contributed by atoms with E-state index in [0.717, 1.165) is 22.0 Å². The fraction of sp³-hybridized carbons (Fsp3) is 0.0800. The van der Waals surface area contributed by atoms with Crippen LogP contribution in [0.2, 0.25) is 0 Å². The predicted octanol–water partition coefficient (Wildman–Crippen LogP) is 5.38. The summed E-state index contributed by atoms with van der Waals surface area (Å²) >= 11 is 0. The quantitative estimate of drug-likeness (QED) is 0.455. The minimum absolute atomic E-state index is 0.0204. The number of carbonyl (C=O) groups excluding carboxylic acids is 1. The van der Waals surface area contributed by atoms with Crippen molar-refractivity contribution in [3.63, 3.8) is 0 Å². The van der Waals surface area contributed by atoms with Crippen LogP contribution in [0.25, 0.3) is 10.8 Å². The smallest absolute Gasteiger partial charge is 0.271 e.